The Morgan fingerprint density at radius 3 is 2.03 bits per heavy atom. The lowest BCUT2D eigenvalue weighted by Gasteiger charge is -2.19. The van der Waals surface area contributed by atoms with Gasteiger partial charge in [0, 0.05) is 42.4 Å². The molecular formula is C25H29N5O6. The van der Waals surface area contributed by atoms with Gasteiger partial charge in [-0.05, 0) is 55.5 Å². The molecule has 2 aromatic rings. The van der Waals surface area contributed by atoms with Gasteiger partial charge in [0.25, 0.3) is 11.8 Å². The van der Waals surface area contributed by atoms with Crippen LogP contribution in [-0.4, -0.2) is 65.7 Å². The standard InChI is InChI=1S/C25H29N5O6/c1-16(31)23(25(35)30-36)29-24(34)20-9-5-18(6-10-20)3-4-19-7-11-21(12-8-19)28-22(33)15-26-13-14-27-17(2)32/h5-12,16,23,26,31,36H,13-15H2,1-2H3,(H,27,32)(H,28,33)(H,29,34)(H,30,35)/t16-,23+/m1/s1. The first-order chi connectivity index (χ1) is 17.2. The monoisotopic (exact) mass is 495 g/mol. The number of aliphatic hydroxyl groups excluding tert-OH is 1. The highest BCUT2D eigenvalue weighted by Gasteiger charge is 2.25. The molecule has 0 aliphatic carbocycles. The predicted molar refractivity (Wildman–Crippen MR) is 132 cm³/mol. The Morgan fingerprint density at radius 1 is 0.917 bits per heavy atom. The van der Waals surface area contributed by atoms with E-state index in [4.69, 9.17) is 5.21 Å². The van der Waals surface area contributed by atoms with Crippen molar-refractivity contribution in [2.75, 3.05) is 25.0 Å². The summed E-state index contributed by atoms with van der Waals surface area (Å²) in [6, 6.07) is 12.0. The summed E-state index contributed by atoms with van der Waals surface area (Å²) in [6.45, 7) is 3.78. The third kappa shape index (κ3) is 9.55. The maximum Gasteiger partial charge on any atom is 0.268 e. The molecule has 0 aromatic heterocycles. The fourth-order valence-electron chi connectivity index (χ4n) is 2.92. The zero-order valence-corrected chi connectivity index (χ0v) is 19.9. The summed E-state index contributed by atoms with van der Waals surface area (Å²) in [5.74, 6) is 4.11. The molecule has 0 aliphatic heterocycles. The number of rotatable bonds is 10. The molecule has 0 saturated heterocycles. The summed E-state index contributed by atoms with van der Waals surface area (Å²) in [5, 5.41) is 29.0. The van der Waals surface area contributed by atoms with Crippen LogP contribution in [0.25, 0.3) is 0 Å². The molecule has 0 heterocycles. The van der Waals surface area contributed by atoms with Gasteiger partial charge in [0.1, 0.15) is 6.04 Å². The van der Waals surface area contributed by atoms with Crippen LogP contribution in [0.3, 0.4) is 0 Å². The lowest BCUT2D eigenvalue weighted by Crippen LogP contribution is -2.51. The number of hydrogen-bond acceptors (Lipinski definition) is 7. The van der Waals surface area contributed by atoms with E-state index in [0.717, 1.165) is 5.56 Å². The second-order valence-electron chi connectivity index (χ2n) is 7.78. The normalized spacial score (nSPS) is 11.8. The molecule has 7 N–H and O–H groups in total. The molecule has 0 fully saturated rings. The number of hydrogen-bond donors (Lipinski definition) is 7. The Morgan fingerprint density at radius 2 is 1.50 bits per heavy atom. The van der Waals surface area contributed by atoms with Crippen LogP contribution in [0.5, 0.6) is 0 Å². The molecular weight excluding hydrogens is 466 g/mol. The number of carbonyl (C=O) groups is 4. The van der Waals surface area contributed by atoms with Crippen LogP contribution in [0.4, 0.5) is 5.69 Å². The lowest BCUT2D eigenvalue weighted by molar-refractivity contribution is -0.133. The van der Waals surface area contributed by atoms with Crippen LogP contribution in [0.1, 0.15) is 35.3 Å². The van der Waals surface area contributed by atoms with Crippen molar-refractivity contribution in [3.05, 3.63) is 65.2 Å². The zero-order valence-electron chi connectivity index (χ0n) is 19.9. The van der Waals surface area contributed by atoms with Crippen molar-refractivity contribution in [2.45, 2.75) is 26.0 Å². The number of benzene rings is 2. The number of aliphatic hydroxyl groups is 1. The summed E-state index contributed by atoms with van der Waals surface area (Å²) >= 11 is 0. The van der Waals surface area contributed by atoms with Crippen LogP contribution in [0.2, 0.25) is 0 Å². The topological polar surface area (TPSA) is 169 Å². The van der Waals surface area contributed by atoms with Crippen molar-refractivity contribution in [1.29, 1.82) is 0 Å². The van der Waals surface area contributed by atoms with E-state index in [1.807, 2.05) is 0 Å². The smallest absolute Gasteiger partial charge is 0.268 e. The van der Waals surface area contributed by atoms with Crippen LogP contribution in [0, 0.1) is 11.8 Å². The molecule has 2 atom stereocenters. The predicted octanol–water partition coefficient (Wildman–Crippen LogP) is -0.265. The van der Waals surface area contributed by atoms with Gasteiger partial charge in [-0.2, -0.15) is 0 Å². The zero-order chi connectivity index (χ0) is 26.5. The van der Waals surface area contributed by atoms with Gasteiger partial charge in [0.15, 0.2) is 0 Å². The van der Waals surface area contributed by atoms with Gasteiger partial charge in [-0.15, -0.1) is 0 Å². The van der Waals surface area contributed by atoms with Gasteiger partial charge < -0.3 is 26.4 Å². The molecule has 0 bridgehead atoms. The Bertz CT molecular complexity index is 1120. The molecule has 0 aliphatic rings. The molecule has 11 heteroatoms. The van der Waals surface area contributed by atoms with Gasteiger partial charge in [-0.1, -0.05) is 11.8 Å². The van der Waals surface area contributed by atoms with Crippen LogP contribution in [0.15, 0.2) is 48.5 Å². The SMILES string of the molecule is CC(=O)NCCNCC(=O)Nc1ccc(C#Cc2ccc(C(=O)N[C@H](C(=O)NO)[C@@H](C)O)cc2)cc1. The minimum absolute atomic E-state index is 0.115. The summed E-state index contributed by atoms with van der Waals surface area (Å²) in [6.07, 6.45) is -1.20. The van der Waals surface area contributed by atoms with E-state index < -0.39 is 24.0 Å². The number of anilines is 1. The average molecular weight is 496 g/mol. The third-order valence-corrected chi connectivity index (χ3v) is 4.79. The highest BCUT2D eigenvalue weighted by atomic mass is 16.5. The van der Waals surface area contributed by atoms with Crippen molar-refractivity contribution in [2.24, 2.45) is 0 Å². The summed E-state index contributed by atoms with van der Waals surface area (Å²) in [5.41, 5.74) is 3.65. The number of carbonyl (C=O) groups excluding carboxylic acids is 4. The summed E-state index contributed by atoms with van der Waals surface area (Å²) in [4.78, 5) is 46.6. The van der Waals surface area contributed by atoms with E-state index in [9.17, 15) is 24.3 Å². The maximum absolute atomic E-state index is 12.3. The van der Waals surface area contributed by atoms with Gasteiger partial charge >= 0.3 is 0 Å². The Kier molecular flexibility index (Phi) is 11.1. The Hall–Kier alpha value is -4.24. The van der Waals surface area contributed by atoms with E-state index in [0.29, 0.717) is 24.3 Å². The van der Waals surface area contributed by atoms with Crippen LogP contribution >= 0.6 is 0 Å². The summed E-state index contributed by atoms with van der Waals surface area (Å²) < 4.78 is 0. The second-order valence-corrected chi connectivity index (χ2v) is 7.78. The molecule has 0 radical (unpaired) electrons. The Balaban J connectivity index is 1.88. The molecule has 2 rings (SSSR count). The quantitative estimate of drug-likeness (QED) is 0.103. The fraction of sp³-hybridized carbons (Fsp3) is 0.280. The van der Waals surface area contributed by atoms with E-state index in [2.05, 4.69) is 33.1 Å². The molecule has 2 aromatic carbocycles. The van der Waals surface area contributed by atoms with E-state index >= 15 is 0 Å². The Labute approximate surface area is 208 Å². The largest absolute Gasteiger partial charge is 0.391 e. The molecule has 11 nitrogen and oxygen atoms in total. The molecule has 0 unspecified atom stereocenters. The molecule has 0 spiro atoms. The first-order valence-corrected chi connectivity index (χ1v) is 11.1. The average Bonchev–Trinajstić information content (AvgIpc) is 2.86. The summed E-state index contributed by atoms with van der Waals surface area (Å²) in [7, 11) is 0. The number of amides is 4. The van der Waals surface area contributed by atoms with Crippen LogP contribution < -0.4 is 26.7 Å². The molecule has 4 amide bonds. The highest BCUT2D eigenvalue weighted by molar-refractivity contribution is 5.97. The lowest BCUT2D eigenvalue weighted by atomic mass is 10.1. The van der Waals surface area contributed by atoms with E-state index in [-0.39, 0.29) is 23.9 Å². The van der Waals surface area contributed by atoms with Gasteiger partial charge in [-0.25, -0.2) is 5.48 Å². The van der Waals surface area contributed by atoms with Crippen molar-refractivity contribution in [3.8, 4) is 11.8 Å². The second kappa shape index (κ2) is 14.2. The van der Waals surface area contributed by atoms with Crippen molar-refractivity contribution >= 4 is 29.3 Å². The fourth-order valence-corrected chi connectivity index (χ4v) is 2.92. The first-order valence-electron chi connectivity index (χ1n) is 11.1. The minimum atomic E-state index is -1.30. The van der Waals surface area contributed by atoms with Crippen molar-refractivity contribution in [3.63, 3.8) is 0 Å². The third-order valence-electron chi connectivity index (χ3n) is 4.79. The first kappa shape index (κ1) is 28.0. The van der Waals surface area contributed by atoms with Gasteiger partial charge in [0.2, 0.25) is 11.8 Å². The van der Waals surface area contributed by atoms with E-state index in [1.165, 1.54) is 31.5 Å². The minimum Gasteiger partial charge on any atom is -0.391 e. The maximum atomic E-state index is 12.3. The molecule has 190 valence electrons. The molecule has 36 heavy (non-hydrogen) atoms. The van der Waals surface area contributed by atoms with Gasteiger partial charge in [0.05, 0.1) is 12.6 Å². The number of hydroxylamine groups is 1. The van der Waals surface area contributed by atoms with Crippen molar-refractivity contribution < 1.29 is 29.5 Å². The number of nitrogens with one attached hydrogen (secondary N) is 5. The van der Waals surface area contributed by atoms with Crippen molar-refractivity contribution in [1.82, 2.24) is 21.4 Å². The highest BCUT2D eigenvalue weighted by Crippen LogP contribution is 2.09. The van der Waals surface area contributed by atoms with Gasteiger partial charge in [-0.3, -0.25) is 24.4 Å². The molecule has 0 saturated carbocycles. The van der Waals surface area contributed by atoms with Crippen LogP contribution in [-0.2, 0) is 14.4 Å². The van der Waals surface area contributed by atoms with E-state index in [1.54, 1.807) is 36.4 Å².